The second-order valence-electron chi connectivity index (χ2n) is 14.8. The van der Waals surface area contributed by atoms with E-state index in [1.54, 1.807) is 24.3 Å². The van der Waals surface area contributed by atoms with Crippen LogP contribution in [0, 0.1) is 0 Å². The molecule has 0 aromatic heterocycles. The van der Waals surface area contributed by atoms with Gasteiger partial charge in [-0.15, -0.1) is 0 Å². The van der Waals surface area contributed by atoms with Crippen LogP contribution >= 0.6 is 0 Å². The fourth-order valence-electron chi connectivity index (χ4n) is 5.70. The third-order valence-corrected chi connectivity index (χ3v) is 11.8. The molecule has 0 N–H and O–H groups in total. The van der Waals surface area contributed by atoms with Gasteiger partial charge in [0.15, 0.2) is 0 Å². The summed E-state index contributed by atoms with van der Waals surface area (Å²) >= 11 is 0. The Balaban J connectivity index is 0.00000116. The number of rotatable bonds is 30. The van der Waals surface area contributed by atoms with Crippen LogP contribution < -0.4 is 0 Å². The molecule has 2 atom stereocenters. The van der Waals surface area contributed by atoms with Crippen LogP contribution in [0.3, 0.4) is 0 Å². The molecule has 340 valence electrons. The number of ether oxygens (including phenoxy) is 4. The molecule has 2 aromatic carbocycles. The maximum atomic E-state index is 12.3. The molecule has 0 spiro atoms. The number of benzene rings is 2. The number of esters is 4. The van der Waals surface area contributed by atoms with Crippen molar-refractivity contribution in [1.29, 1.82) is 0 Å². The first-order chi connectivity index (χ1) is 28.5. The van der Waals surface area contributed by atoms with Crippen molar-refractivity contribution in [3.05, 3.63) is 70.8 Å². The first-order valence-electron chi connectivity index (χ1n) is 21.3. The quantitative estimate of drug-likeness (QED) is 0.0236. The van der Waals surface area contributed by atoms with E-state index in [2.05, 4.69) is 13.8 Å². The first kappa shape index (κ1) is 58.4. The van der Waals surface area contributed by atoms with Crippen molar-refractivity contribution in [3.63, 3.8) is 0 Å². The van der Waals surface area contributed by atoms with Crippen molar-refractivity contribution in [2.75, 3.05) is 26.4 Å². The number of unbranched alkanes of at least 4 members (excludes halogenated alkanes) is 16. The zero-order chi connectivity index (χ0) is 44.8. The molecule has 14 nitrogen and oxygen atoms in total. The zero-order valence-corrected chi connectivity index (χ0v) is 40.4. The van der Waals surface area contributed by atoms with Gasteiger partial charge in [-0.05, 0) is 51.0 Å². The molecule has 0 amide bonds. The maximum Gasteiger partial charge on any atom is 2.00 e. The van der Waals surface area contributed by atoms with E-state index < -0.39 is 67.8 Å². The molecular weight excluding hydrogens is 857 g/mol. The largest absolute Gasteiger partial charge is 2.00 e. The summed E-state index contributed by atoms with van der Waals surface area (Å²) < 4.78 is 85.7. The third kappa shape index (κ3) is 26.6. The number of hydrogen-bond acceptors (Lipinski definition) is 14. The molecule has 0 saturated carbocycles. The Hall–Kier alpha value is -2.60. The molecule has 0 saturated heterocycles. The molecule has 0 heterocycles. The van der Waals surface area contributed by atoms with Gasteiger partial charge in [-0.1, -0.05) is 141 Å². The predicted octanol–water partition coefficient (Wildman–Crippen LogP) is 8.55. The minimum Gasteiger partial charge on any atom is -0.748 e. The average Bonchev–Trinajstić information content (AvgIpc) is 3.22. The summed E-state index contributed by atoms with van der Waals surface area (Å²) in [7, 11) is -9.11. The van der Waals surface area contributed by atoms with E-state index >= 15 is 0 Å². The Labute approximate surface area is 394 Å². The normalized spacial score (nSPS) is 12.2. The summed E-state index contributed by atoms with van der Waals surface area (Å²) in [6, 6.07) is 12.0. The SMILES string of the molecule is CCCCCCCCCCCOC(=O)c1ccccc1C(=O)OCC(C)S(=O)(=O)[O-].CCCCCCCCCCCOC(=O)c1ccccc1C(=O)OCC(C)S(=O)(=O)[O-].[Ca+2]. The summed E-state index contributed by atoms with van der Waals surface area (Å²) in [4.78, 5) is 49.1. The van der Waals surface area contributed by atoms with Crippen LogP contribution in [-0.2, 0) is 39.2 Å². The summed E-state index contributed by atoms with van der Waals surface area (Å²) in [5.41, 5.74) is 0.0577. The topological polar surface area (TPSA) is 220 Å². The third-order valence-electron chi connectivity index (χ3n) is 9.58. The molecule has 0 radical (unpaired) electrons. The Morgan fingerprint density at radius 3 is 0.918 bits per heavy atom. The summed E-state index contributed by atoms with van der Waals surface area (Å²) in [6.07, 6.45) is 20.7. The Bertz CT molecular complexity index is 1650. The van der Waals surface area contributed by atoms with Crippen molar-refractivity contribution < 1.29 is 64.1 Å². The van der Waals surface area contributed by atoms with Crippen LogP contribution in [0.5, 0.6) is 0 Å². The van der Waals surface area contributed by atoms with Gasteiger partial charge in [-0.25, -0.2) is 36.0 Å². The van der Waals surface area contributed by atoms with Crippen LogP contribution in [0.2, 0.25) is 0 Å². The molecule has 0 aliphatic rings. The van der Waals surface area contributed by atoms with Gasteiger partial charge < -0.3 is 28.1 Å². The van der Waals surface area contributed by atoms with Crippen molar-refractivity contribution in [2.45, 2.75) is 154 Å². The summed E-state index contributed by atoms with van der Waals surface area (Å²) in [5, 5.41) is -2.74. The van der Waals surface area contributed by atoms with E-state index in [1.165, 1.54) is 101 Å². The maximum absolute atomic E-state index is 12.3. The van der Waals surface area contributed by atoms with Crippen molar-refractivity contribution >= 4 is 81.9 Å². The van der Waals surface area contributed by atoms with E-state index in [0.717, 1.165) is 52.4 Å². The second-order valence-corrected chi connectivity index (χ2v) is 18.4. The number of carbonyl (C=O) groups is 4. The van der Waals surface area contributed by atoms with Gasteiger partial charge in [0.2, 0.25) is 0 Å². The molecule has 0 fully saturated rings. The molecule has 2 aromatic rings. The van der Waals surface area contributed by atoms with E-state index in [1.807, 2.05) is 0 Å². The van der Waals surface area contributed by atoms with Gasteiger partial charge in [0.05, 0.1) is 46.0 Å². The Morgan fingerprint density at radius 1 is 0.443 bits per heavy atom. The molecule has 0 aliphatic carbocycles. The van der Waals surface area contributed by atoms with Gasteiger partial charge in [-0.2, -0.15) is 0 Å². The molecule has 0 bridgehead atoms. The number of hydrogen-bond donors (Lipinski definition) is 0. The Kier molecular flexibility index (Phi) is 32.4. The average molecular weight is 923 g/mol. The zero-order valence-electron chi connectivity index (χ0n) is 36.6. The van der Waals surface area contributed by atoms with Crippen LogP contribution in [0.25, 0.3) is 0 Å². The molecular formula is C44H66CaO14S2. The molecule has 17 heteroatoms. The van der Waals surface area contributed by atoms with Gasteiger partial charge >= 0.3 is 61.6 Å². The van der Waals surface area contributed by atoms with Crippen LogP contribution in [0.15, 0.2) is 48.5 Å². The van der Waals surface area contributed by atoms with Crippen molar-refractivity contribution in [2.24, 2.45) is 0 Å². The van der Waals surface area contributed by atoms with Crippen LogP contribution in [0.1, 0.15) is 185 Å². The van der Waals surface area contributed by atoms with Crippen molar-refractivity contribution in [3.8, 4) is 0 Å². The smallest absolute Gasteiger partial charge is 0.748 e. The van der Waals surface area contributed by atoms with Gasteiger partial charge in [0, 0.05) is 0 Å². The van der Waals surface area contributed by atoms with Crippen molar-refractivity contribution in [1.82, 2.24) is 0 Å². The van der Waals surface area contributed by atoms with Crippen LogP contribution in [-0.4, -0.2) is 124 Å². The Morgan fingerprint density at radius 2 is 0.672 bits per heavy atom. The fraction of sp³-hybridized carbons (Fsp3) is 0.636. The molecule has 2 rings (SSSR count). The van der Waals surface area contributed by atoms with Crippen LogP contribution in [0.4, 0.5) is 0 Å². The standard InChI is InChI=1S/2C22H34O7S.Ca/c2*1-3-4-5-6-7-8-9-10-13-16-28-21(23)19-14-11-12-15-20(19)22(24)29-17-18(2)30(25,26)27;/h2*11-12,14-15,18H,3-10,13,16-17H2,1-2H3,(H,25,26,27);/q;;+2/p-2. The minimum absolute atomic E-state index is 0. The second kappa shape index (κ2) is 33.9. The van der Waals surface area contributed by atoms with E-state index in [4.69, 9.17) is 18.9 Å². The number of carbonyl (C=O) groups excluding carboxylic acids is 4. The molecule has 0 aliphatic heterocycles. The molecule has 61 heavy (non-hydrogen) atoms. The minimum atomic E-state index is -4.55. The fourth-order valence-corrected chi connectivity index (χ4v) is 6.17. The monoisotopic (exact) mass is 922 g/mol. The van der Waals surface area contributed by atoms with E-state index in [0.29, 0.717) is 0 Å². The first-order valence-corrected chi connectivity index (χ1v) is 24.2. The van der Waals surface area contributed by atoms with Gasteiger partial charge in [0.1, 0.15) is 33.5 Å². The van der Waals surface area contributed by atoms with E-state index in [-0.39, 0.29) is 73.2 Å². The predicted molar refractivity (Wildman–Crippen MR) is 233 cm³/mol. The van der Waals surface area contributed by atoms with E-state index in [9.17, 15) is 45.1 Å². The summed E-state index contributed by atoms with van der Waals surface area (Å²) in [5.74, 6) is -3.01. The van der Waals surface area contributed by atoms with Gasteiger partial charge in [0.25, 0.3) is 0 Å². The molecule has 2 unspecified atom stereocenters. The van der Waals surface area contributed by atoms with Gasteiger partial charge in [-0.3, -0.25) is 0 Å². The summed E-state index contributed by atoms with van der Waals surface area (Å²) in [6.45, 7) is 6.09.